The van der Waals surface area contributed by atoms with Crippen LogP contribution < -0.4 is 0 Å². The highest BCUT2D eigenvalue weighted by atomic mass is 16.6. The Morgan fingerprint density at radius 2 is 1.92 bits per heavy atom. The quantitative estimate of drug-likeness (QED) is 0.408. The summed E-state index contributed by atoms with van der Waals surface area (Å²) in [4.78, 5) is 37.2. The van der Waals surface area contributed by atoms with E-state index in [9.17, 15) is 19.7 Å². The number of esters is 1. The van der Waals surface area contributed by atoms with Gasteiger partial charge in [-0.1, -0.05) is 13.8 Å². The molecule has 1 aromatic carbocycles. The lowest BCUT2D eigenvalue weighted by molar-refractivity contribution is -0.384. The molecule has 1 fully saturated rings. The van der Waals surface area contributed by atoms with Crippen LogP contribution in [0.25, 0.3) is 0 Å². The van der Waals surface area contributed by atoms with Gasteiger partial charge in [-0.25, -0.2) is 4.79 Å². The van der Waals surface area contributed by atoms with Crippen molar-refractivity contribution in [1.82, 2.24) is 4.90 Å². The van der Waals surface area contributed by atoms with Crippen LogP contribution in [-0.4, -0.2) is 40.9 Å². The van der Waals surface area contributed by atoms with Crippen LogP contribution in [-0.2, 0) is 4.74 Å². The summed E-state index contributed by atoms with van der Waals surface area (Å²) >= 11 is 0. The predicted octanol–water partition coefficient (Wildman–Crippen LogP) is 3.42. The Balaban J connectivity index is 2.32. The van der Waals surface area contributed by atoms with Crippen LogP contribution in [0.4, 0.5) is 5.69 Å². The number of carbonyl (C=O) groups excluding carboxylic acids is 2. The summed E-state index contributed by atoms with van der Waals surface area (Å²) in [5, 5.41) is 11.2. The van der Waals surface area contributed by atoms with Crippen molar-refractivity contribution < 1.29 is 19.2 Å². The number of nitro groups is 1. The molecule has 0 N–H and O–H groups in total. The molecule has 0 aliphatic heterocycles. The Labute approximate surface area is 147 Å². The Bertz CT molecular complexity index is 667. The summed E-state index contributed by atoms with van der Waals surface area (Å²) in [5.41, 5.74) is -0.0968. The minimum Gasteiger partial charge on any atom is -0.462 e. The van der Waals surface area contributed by atoms with E-state index in [4.69, 9.17) is 4.74 Å². The van der Waals surface area contributed by atoms with Gasteiger partial charge in [-0.3, -0.25) is 14.9 Å². The van der Waals surface area contributed by atoms with Gasteiger partial charge < -0.3 is 9.64 Å². The van der Waals surface area contributed by atoms with E-state index in [1.54, 1.807) is 11.8 Å². The van der Waals surface area contributed by atoms with Crippen LogP contribution in [0.2, 0.25) is 0 Å². The zero-order valence-corrected chi connectivity index (χ0v) is 14.9. The second-order valence-electron chi connectivity index (χ2n) is 6.66. The first-order valence-corrected chi connectivity index (χ1v) is 8.61. The fraction of sp³-hybridized carbons (Fsp3) is 0.556. The molecule has 0 radical (unpaired) electrons. The average Bonchev–Trinajstić information content (AvgIpc) is 3.39. The molecule has 7 heteroatoms. The third-order valence-electron chi connectivity index (χ3n) is 4.08. The number of carbonyl (C=O) groups is 2. The molecular weight excluding hydrogens is 324 g/mol. The Morgan fingerprint density at radius 1 is 1.28 bits per heavy atom. The topological polar surface area (TPSA) is 89.8 Å². The molecule has 25 heavy (non-hydrogen) atoms. The van der Waals surface area contributed by atoms with Gasteiger partial charge in [0.15, 0.2) is 0 Å². The Morgan fingerprint density at radius 3 is 2.44 bits per heavy atom. The van der Waals surface area contributed by atoms with Crippen LogP contribution in [0.1, 0.15) is 60.7 Å². The first-order chi connectivity index (χ1) is 11.8. The predicted molar refractivity (Wildman–Crippen MR) is 92.6 cm³/mol. The number of amides is 1. The molecular formula is C18H24N2O5. The van der Waals surface area contributed by atoms with Gasteiger partial charge in [0.25, 0.3) is 11.6 Å². The highest BCUT2D eigenvalue weighted by Crippen LogP contribution is 2.30. The number of hydrogen-bond acceptors (Lipinski definition) is 5. The molecule has 0 atom stereocenters. The Hall–Kier alpha value is -2.44. The van der Waals surface area contributed by atoms with Crippen LogP contribution in [0, 0.1) is 16.0 Å². The normalized spacial score (nSPS) is 13.6. The SMILES string of the molecule is CCOC(=O)c1cc(C(=O)N(CCC(C)C)C2CC2)cc([N+](=O)[O-])c1. The molecule has 1 amide bonds. The van der Waals surface area contributed by atoms with Crippen LogP contribution in [0.3, 0.4) is 0 Å². The number of nitro benzene ring substituents is 1. The van der Waals surface area contributed by atoms with Gasteiger partial charge in [0, 0.05) is 30.3 Å². The number of ether oxygens (including phenoxy) is 1. The molecule has 1 aliphatic rings. The first-order valence-electron chi connectivity index (χ1n) is 8.61. The van der Waals surface area contributed by atoms with Gasteiger partial charge >= 0.3 is 5.97 Å². The molecule has 0 unspecified atom stereocenters. The molecule has 0 heterocycles. The summed E-state index contributed by atoms with van der Waals surface area (Å²) in [6.07, 6.45) is 2.76. The number of hydrogen-bond donors (Lipinski definition) is 0. The van der Waals surface area contributed by atoms with Crippen molar-refractivity contribution >= 4 is 17.6 Å². The fourth-order valence-electron chi connectivity index (χ4n) is 2.57. The highest BCUT2D eigenvalue weighted by Gasteiger charge is 2.33. The summed E-state index contributed by atoms with van der Waals surface area (Å²) < 4.78 is 4.91. The number of benzene rings is 1. The third kappa shape index (κ3) is 5.01. The van der Waals surface area contributed by atoms with E-state index >= 15 is 0 Å². The number of non-ortho nitro benzene ring substituents is 1. The summed E-state index contributed by atoms with van der Waals surface area (Å²) in [6.45, 7) is 6.59. The monoisotopic (exact) mass is 348 g/mol. The maximum Gasteiger partial charge on any atom is 0.338 e. The van der Waals surface area contributed by atoms with E-state index in [1.165, 1.54) is 12.1 Å². The smallest absolute Gasteiger partial charge is 0.338 e. The van der Waals surface area contributed by atoms with Crippen molar-refractivity contribution in [2.24, 2.45) is 5.92 Å². The van der Waals surface area contributed by atoms with Gasteiger partial charge in [-0.15, -0.1) is 0 Å². The van der Waals surface area contributed by atoms with Gasteiger partial charge in [-0.05, 0) is 38.2 Å². The fourth-order valence-corrected chi connectivity index (χ4v) is 2.57. The molecule has 0 saturated heterocycles. The van der Waals surface area contributed by atoms with Gasteiger partial charge in [-0.2, -0.15) is 0 Å². The second kappa shape index (κ2) is 8.09. The van der Waals surface area contributed by atoms with Crippen molar-refractivity contribution in [3.8, 4) is 0 Å². The highest BCUT2D eigenvalue weighted by molar-refractivity contribution is 5.99. The lowest BCUT2D eigenvalue weighted by atomic mass is 10.1. The van der Waals surface area contributed by atoms with Crippen molar-refractivity contribution in [1.29, 1.82) is 0 Å². The summed E-state index contributed by atoms with van der Waals surface area (Å²) in [5.74, 6) is -0.480. The van der Waals surface area contributed by atoms with E-state index in [1.807, 2.05) is 0 Å². The minimum atomic E-state index is -0.666. The minimum absolute atomic E-state index is 0.0269. The first kappa shape index (κ1) is 18.9. The zero-order valence-electron chi connectivity index (χ0n) is 14.9. The number of nitrogens with zero attached hydrogens (tertiary/aromatic N) is 2. The van der Waals surface area contributed by atoms with Crippen LogP contribution >= 0.6 is 0 Å². The maximum atomic E-state index is 12.9. The van der Waals surface area contributed by atoms with E-state index in [-0.39, 0.29) is 35.4 Å². The largest absolute Gasteiger partial charge is 0.462 e. The molecule has 7 nitrogen and oxygen atoms in total. The molecule has 0 spiro atoms. The van der Waals surface area contributed by atoms with E-state index in [2.05, 4.69) is 13.8 Å². The van der Waals surface area contributed by atoms with E-state index in [0.717, 1.165) is 25.3 Å². The van der Waals surface area contributed by atoms with Crippen molar-refractivity contribution in [3.05, 3.63) is 39.4 Å². The summed E-state index contributed by atoms with van der Waals surface area (Å²) in [7, 11) is 0. The molecule has 1 aliphatic carbocycles. The third-order valence-corrected chi connectivity index (χ3v) is 4.08. The van der Waals surface area contributed by atoms with Gasteiger partial charge in [0.1, 0.15) is 0 Å². The second-order valence-corrected chi connectivity index (χ2v) is 6.66. The lowest BCUT2D eigenvalue weighted by Gasteiger charge is -2.23. The molecule has 136 valence electrons. The Kier molecular flexibility index (Phi) is 6.12. The molecule has 0 aromatic heterocycles. The van der Waals surface area contributed by atoms with E-state index < -0.39 is 10.9 Å². The standard InChI is InChI=1S/C18H24N2O5/c1-4-25-18(22)14-9-13(10-16(11-14)20(23)24)17(21)19(15-5-6-15)8-7-12(2)3/h9-12,15H,4-8H2,1-3H3. The molecule has 1 saturated carbocycles. The molecule has 0 bridgehead atoms. The average molecular weight is 348 g/mol. The van der Waals surface area contributed by atoms with Gasteiger partial charge in [0.2, 0.25) is 0 Å². The van der Waals surface area contributed by atoms with Crippen molar-refractivity contribution in [2.45, 2.75) is 46.1 Å². The number of rotatable bonds is 8. The summed E-state index contributed by atoms with van der Waals surface area (Å²) in [6, 6.07) is 3.95. The lowest BCUT2D eigenvalue weighted by Crippen LogP contribution is -2.34. The zero-order chi connectivity index (χ0) is 18.6. The van der Waals surface area contributed by atoms with Crippen LogP contribution in [0.15, 0.2) is 18.2 Å². The molecule has 1 aromatic rings. The van der Waals surface area contributed by atoms with Crippen molar-refractivity contribution in [2.75, 3.05) is 13.2 Å². The van der Waals surface area contributed by atoms with Crippen molar-refractivity contribution in [3.63, 3.8) is 0 Å². The van der Waals surface area contributed by atoms with Gasteiger partial charge in [0.05, 0.1) is 17.1 Å². The molecule has 2 rings (SSSR count). The maximum absolute atomic E-state index is 12.9. The van der Waals surface area contributed by atoms with E-state index in [0.29, 0.717) is 12.5 Å². The van der Waals surface area contributed by atoms with Crippen LogP contribution in [0.5, 0.6) is 0 Å².